The van der Waals surface area contributed by atoms with Gasteiger partial charge in [0.1, 0.15) is 0 Å². The minimum Gasteiger partial charge on any atom is -0.329 e. The van der Waals surface area contributed by atoms with Crippen molar-refractivity contribution in [2.24, 2.45) is 23.5 Å². The Labute approximate surface area is 119 Å². The number of rotatable bonds is 11. The molecule has 0 aromatic rings. The van der Waals surface area contributed by atoms with Crippen molar-refractivity contribution < 1.29 is 0 Å². The maximum atomic E-state index is 6.03. The van der Waals surface area contributed by atoms with E-state index in [0.717, 1.165) is 24.3 Å². The van der Waals surface area contributed by atoms with Crippen molar-refractivity contribution in [3.63, 3.8) is 0 Å². The van der Waals surface area contributed by atoms with Gasteiger partial charge in [-0.15, -0.1) is 0 Å². The second-order valence-corrected chi connectivity index (χ2v) is 7.30. The fourth-order valence-electron chi connectivity index (χ4n) is 3.34. The van der Waals surface area contributed by atoms with Crippen LogP contribution in [0.5, 0.6) is 0 Å². The maximum absolute atomic E-state index is 6.03. The van der Waals surface area contributed by atoms with Crippen LogP contribution in [-0.4, -0.2) is 18.6 Å². The Morgan fingerprint density at radius 2 is 1.74 bits per heavy atom. The summed E-state index contributed by atoms with van der Waals surface area (Å²) in [7, 11) is 0. The zero-order valence-electron chi connectivity index (χ0n) is 13.1. The fraction of sp³-hybridized carbons (Fsp3) is 1.00. The third-order valence-corrected chi connectivity index (χ3v) is 5.25. The van der Waals surface area contributed by atoms with E-state index in [0.29, 0.717) is 0 Å². The molecule has 112 valence electrons. The smallest absolute Gasteiger partial charge is 0.0275 e. The number of unbranched alkanes of at least 4 members (excludes halogenated alkanes) is 3. The molecule has 2 heteroatoms. The highest BCUT2D eigenvalue weighted by Gasteiger charge is 2.41. The molecular weight excluding hydrogens is 232 g/mol. The molecular formula is C17H34N2. The molecule has 19 heavy (non-hydrogen) atoms. The molecule has 0 aromatic heterocycles. The molecule has 0 saturated heterocycles. The molecule has 1 unspecified atom stereocenters. The van der Waals surface area contributed by atoms with Crippen molar-refractivity contribution >= 4 is 0 Å². The maximum Gasteiger partial charge on any atom is 0.0275 e. The molecule has 0 aliphatic heterocycles. The van der Waals surface area contributed by atoms with Crippen LogP contribution in [0.25, 0.3) is 0 Å². The van der Waals surface area contributed by atoms with Crippen molar-refractivity contribution in [2.75, 3.05) is 13.1 Å². The van der Waals surface area contributed by atoms with E-state index in [4.69, 9.17) is 5.73 Å². The number of nitrogens with one attached hydrogen (secondary N) is 1. The summed E-state index contributed by atoms with van der Waals surface area (Å²) in [5, 5.41) is 3.84. The summed E-state index contributed by atoms with van der Waals surface area (Å²) in [6.07, 6.45) is 12.6. The van der Waals surface area contributed by atoms with E-state index < -0.39 is 0 Å². The van der Waals surface area contributed by atoms with E-state index >= 15 is 0 Å². The highest BCUT2D eigenvalue weighted by Crippen LogP contribution is 2.49. The van der Waals surface area contributed by atoms with Crippen LogP contribution in [0.15, 0.2) is 0 Å². The summed E-state index contributed by atoms with van der Waals surface area (Å²) >= 11 is 0. The Morgan fingerprint density at radius 3 is 2.21 bits per heavy atom. The number of hydrogen-bond donors (Lipinski definition) is 2. The summed E-state index contributed by atoms with van der Waals surface area (Å²) in [5.74, 6) is 3.05. The standard InChI is InChI=1S/C17H34N2/c1-3-4-5-6-11-17(2,13-18)19-12-16(14-7-8-14)15-9-10-15/h14-16,19H,3-13,18H2,1-2H3. The van der Waals surface area contributed by atoms with E-state index in [1.807, 2.05) is 0 Å². The van der Waals surface area contributed by atoms with Crippen molar-refractivity contribution in [3.8, 4) is 0 Å². The summed E-state index contributed by atoms with van der Waals surface area (Å²) in [4.78, 5) is 0. The molecule has 2 fully saturated rings. The Morgan fingerprint density at radius 1 is 1.11 bits per heavy atom. The summed E-state index contributed by atoms with van der Waals surface area (Å²) in [6, 6.07) is 0. The average Bonchev–Trinajstić information content (AvgIpc) is 3.27. The zero-order valence-corrected chi connectivity index (χ0v) is 13.1. The molecule has 0 heterocycles. The third-order valence-electron chi connectivity index (χ3n) is 5.25. The first-order valence-corrected chi connectivity index (χ1v) is 8.63. The number of hydrogen-bond acceptors (Lipinski definition) is 2. The van der Waals surface area contributed by atoms with E-state index in [1.165, 1.54) is 64.3 Å². The topological polar surface area (TPSA) is 38.0 Å². The monoisotopic (exact) mass is 266 g/mol. The lowest BCUT2D eigenvalue weighted by atomic mass is 9.91. The predicted molar refractivity (Wildman–Crippen MR) is 83.2 cm³/mol. The summed E-state index contributed by atoms with van der Waals surface area (Å²) in [5.41, 5.74) is 6.21. The van der Waals surface area contributed by atoms with Gasteiger partial charge in [-0.1, -0.05) is 32.6 Å². The van der Waals surface area contributed by atoms with Gasteiger partial charge in [0.15, 0.2) is 0 Å². The second kappa shape index (κ2) is 7.08. The van der Waals surface area contributed by atoms with Gasteiger partial charge in [-0.2, -0.15) is 0 Å². The Kier molecular flexibility index (Phi) is 5.70. The molecule has 0 bridgehead atoms. The van der Waals surface area contributed by atoms with Crippen LogP contribution in [0.1, 0.15) is 71.6 Å². The molecule has 2 aliphatic rings. The van der Waals surface area contributed by atoms with Crippen molar-refractivity contribution in [3.05, 3.63) is 0 Å². The lowest BCUT2D eigenvalue weighted by Gasteiger charge is -2.32. The van der Waals surface area contributed by atoms with E-state index in [-0.39, 0.29) is 5.54 Å². The highest BCUT2D eigenvalue weighted by atomic mass is 15.0. The van der Waals surface area contributed by atoms with Crippen LogP contribution < -0.4 is 11.1 Å². The van der Waals surface area contributed by atoms with Crippen LogP contribution >= 0.6 is 0 Å². The molecule has 3 N–H and O–H groups in total. The Bertz CT molecular complexity index is 246. The van der Waals surface area contributed by atoms with Gasteiger partial charge in [-0.25, -0.2) is 0 Å². The van der Waals surface area contributed by atoms with Gasteiger partial charge >= 0.3 is 0 Å². The molecule has 1 atom stereocenters. The van der Waals surface area contributed by atoms with Gasteiger partial charge in [0, 0.05) is 12.1 Å². The third kappa shape index (κ3) is 5.07. The molecule has 2 nitrogen and oxygen atoms in total. The molecule has 0 radical (unpaired) electrons. The largest absolute Gasteiger partial charge is 0.329 e. The van der Waals surface area contributed by atoms with Crippen molar-refractivity contribution in [2.45, 2.75) is 77.2 Å². The van der Waals surface area contributed by atoms with Gasteiger partial charge < -0.3 is 11.1 Å². The normalized spacial score (nSPS) is 22.7. The molecule has 0 amide bonds. The van der Waals surface area contributed by atoms with Gasteiger partial charge in [-0.05, 0) is 63.3 Å². The summed E-state index contributed by atoms with van der Waals surface area (Å²) in [6.45, 7) is 6.60. The zero-order chi connectivity index (χ0) is 13.7. The Balaban J connectivity index is 1.70. The molecule has 2 rings (SSSR count). The predicted octanol–water partition coefficient (Wildman–Crippen LogP) is 3.70. The van der Waals surface area contributed by atoms with Crippen molar-refractivity contribution in [1.29, 1.82) is 0 Å². The first-order chi connectivity index (χ1) is 9.18. The van der Waals surface area contributed by atoms with Gasteiger partial charge in [0.2, 0.25) is 0 Å². The quantitative estimate of drug-likeness (QED) is 0.560. The van der Waals surface area contributed by atoms with E-state index in [9.17, 15) is 0 Å². The molecule has 0 spiro atoms. The molecule has 2 aliphatic carbocycles. The van der Waals surface area contributed by atoms with E-state index in [2.05, 4.69) is 19.2 Å². The van der Waals surface area contributed by atoms with Crippen LogP contribution in [0.4, 0.5) is 0 Å². The molecule has 0 aromatic carbocycles. The lowest BCUT2D eigenvalue weighted by molar-refractivity contribution is 0.276. The Hall–Kier alpha value is -0.0800. The fourth-order valence-corrected chi connectivity index (χ4v) is 3.34. The average molecular weight is 266 g/mol. The van der Waals surface area contributed by atoms with E-state index in [1.54, 1.807) is 0 Å². The van der Waals surface area contributed by atoms with Crippen LogP contribution in [0, 0.1) is 17.8 Å². The van der Waals surface area contributed by atoms with Crippen molar-refractivity contribution in [1.82, 2.24) is 5.32 Å². The first-order valence-electron chi connectivity index (χ1n) is 8.63. The van der Waals surface area contributed by atoms with Crippen LogP contribution in [-0.2, 0) is 0 Å². The summed E-state index contributed by atoms with van der Waals surface area (Å²) < 4.78 is 0. The lowest BCUT2D eigenvalue weighted by Crippen LogP contribution is -2.50. The number of nitrogens with two attached hydrogens (primary N) is 1. The van der Waals surface area contributed by atoms with Gasteiger partial charge in [0.25, 0.3) is 0 Å². The minimum atomic E-state index is 0.176. The highest BCUT2D eigenvalue weighted by molar-refractivity contribution is 4.94. The van der Waals surface area contributed by atoms with Crippen LogP contribution in [0.2, 0.25) is 0 Å². The van der Waals surface area contributed by atoms with Gasteiger partial charge in [-0.3, -0.25) is 0 Å². The SMILES string of the molecule is CCCCCCC(C)(CN)NCC(C1CC1)C1CC1. The molecule has 2 saturated carbocycles. The van der Waals surface area contributed by atoms with Gasteiger partial charge in [0.05, 0.1) is 0 Å². The first kappa shape index (κ1) is 15.3. The second-order valence-electron chi connectivity index (χ2n) is 7.30. The van der Waals surface area contributed by atoms with Crippen LogP contribution in [0.3, 0.4) is 0 Å². The minimum absolute atomic E-state index is 0.176.